The first kappa shape index (κ1) is 25.6. The van der Waals surface area contributed by atoms with Gasteiger partial charge in [0.05, 0.1) is 25.3 Å². The number of ether oxygens (including phenoxy) is 1. The Labute approximate surface area is 195 Å². The molecule has 2 aromatic rings. The van der Waals surface area contributed by atoms with Gasteiger partial charge in [0.15, 0.2) is 5.13 Å². The second-order valence-electron chi connectivity index (χ2n) is 6.94. The number of benzene rings is 1. The molecule has 1 aliphatic rings. The van der Waals surface area contributed by atoms with Crippen LogP contribution in [0, 0.1) is 0 Å². The van der Waals surface area contributed by atoms with Gasteiger partial charge in [0, 0.05) is 49.2 Å². The Morgan fingerprint density at radius 1 is 1.25 bits per heavy atom. The van der Waals surface area contributed by atoms with Crippen LogP contribution in [0.1, 0.15) is 19.5 Å². The van der Waals surface area contributed by atoms with Gasteiger partial charge in [-0.1, -0.05) is 17.7 Å². The molecule has 1 saturated heterocycles. The smallest absolute Gasteiger partial charge is 0.311 e. The standard InChI is InChI=1S/C19H23ClN4O3S.C2H4O2/c1-2-27-18(26)11-15-13-28-19(21-15)22-17(25)12-23-6-8-24(9-7-23)16-5-3-4-14(20)10-16;1-2(3)4/h3-5,10,13H,2,6-9,11-12H2,1H3,(H,21,22,25);1H3,(H,3,4). The number of aromatic nitrogens is 1. The Morgan fingerprint density at radius 3 is 2.56 bits per heavy atom. The van der Waals surface area contributed by atoms with Crippen LogP contribution in [0.25, 0.3) is 0 Å². The minimum atomic E-state index is -0.833. The van der Waals surface area contributed by atoms with Crippen LogP contribution < -0.4 is 10.2 Å². The number of amides is 1. The molecule has 32 heavy (non-hydrogen) atoms. The molecule has 1 aromatic heterocycles. The molecule has 0 unspecified atom stereocenters. The van der Waals surface area contributed by atoms with Crippen LogP contribution in [0.3, 0.4) is 0 Å². The predicted octanol–water partition coefficient (Wildman–Crippen LogP) is 2.75. The zero-order valence-corrected chi connectivity index (χ0v) is 19.6. The molecule has 174 valence electrons. The third-order valence-electron chi connectivity index (χ3n) is 4.34. The highest BCUT2D eigenvalue weighted by molar-refractivity contribution is 7.13. The van der Waals surface area contributed by atoms with E-state index in [-0.39, 0.29) is 18.3 Å². The van der Waals surface area contributed by atoms with Crippen molar-refractivity contribution in [1.29, 1.82) is 0 Å². The van der Waals surface area contributed by atoms with Crippen molar-refractivity contribution in [3.8, 4) is 0 Å². The summed E-state index contributed by atoms with van der Waals surface area (Å²) in [5, 5.41) is 13.2. The lowest BCUT2D eigenvalue weighted by atomic mass is 10.2. The van der Waals surface area contributed by atoms with E-state index in [1.165, 1.54) is 11.3 Å². The number of nitrogens with one attached hydrogen (secondary N) is 1. The number of halogens is 1. The second kappa shape index (κ2) is 13.0. The molecule has 1 fully saturated rings. The van der Waals surface area contributed by atoms with Crippen molar-refractivity contribution in [3.05, 3.63) is 40.4 Å². The largest absolute Gasteiger partial charge is 0.481 e. The number of aliphatic carboxylic acids is 1. The number of esters is 1. The molecule has 0 spiro atoms. The number of thiazole rings is 1. The van der Waals surface area contributed by atoms with E-state index in [4.69, 9.17) is 26.2 Å². The molecule has 1 aromatic carbocycles. The molecule has 1 aliphatic heterocycles. The molecule has 2 N–H and O–H groups in total. The lowest BCUT2D eigenvalue weighted by Crippen LogP contribution is -2.48. The molecule has 3 rings (SSSR count). The SMILES string of the molecule is CC(=O)O.CCOC(=O)Cc1csc(NC(=O)CN2CCN(c3cccc(Cl)c3)CC2)n1. The Bertz CT molecular complexity index is 911. The fraction of sp³-hybridized carbons (Fsp3) is 0.429. The quantitative estimate of drug-likeness (QED) is 0.579. The van der Waals surface area contributed by atoms with E-state index >= 15 is 0 Å². The molecule has 0 saturated carbocycles. The minimum absolute atomic E-state index is 0.103. The van der Waals surface area contributed by atoms with Crippen molar-refractivity contribution >= 4 is 51.6 Å². The lowest BCUT2D eigenvalue weighted by Gasteiger charge is -2.35. The van der Waals surface area contributed by atoms with Crippen molar-refractivity contribution in [1.82, 2.24) is 9.88 Å². The van der Waals surface area contributed by atoms with Crippen molar-refractivity contribution in [2.45, 2.75) is 20.3 Å². The van der Waals surface area contributed by atoms with E-state index in [9.17, 15) is 9.59 Å². The maximum Gasteiger partial charge on any atom is 0.311 e. The molecule has 11 heteroatoms. The van der Waals surface area contributed by atoms with Crippen LogP contribution in [-0.2, 0) is 25.5 Å². The number of anilines is 2. The van der Waals surface area contributed by atoms with Gasteiger partial charge in [-0.15, -0.1) is 11.3 Å². The number of carbonyl (C=O) groups is 3. The Morgan fingerprint density at radius 2 is 1.94 bits per heavy atom. The van der Waals surface area contributed by atoms with E-state index in [0.29, 0.717) is 24.0 Å². The number of carbonyl (C=O) groups excluding carboxylic acids is 2. The topological polar surface area (TPSA) is 112 Å². The highest BCUT2D eigenvalue weighted by Crippen LogP contribution is 2.21. The third kappa shape index (κ3) is 9.21. The molecule has 0 bridgehead atoms. The monoisotopic (exact) mass is 482 g/mol. The van der Waals surface area contributed by atoms with Gasteiger partial charge in [0.25, 0.3) is 5.97 Å². The van der Waals surface area contributed by atoms with Gasteiger partial charge in [-0.3, -0.25) is 19.3 Å². The van der Waals surface area contributed by atoms with Crippen molar-refractivity contribution in [2.75, 3.05) is 49.5 Å². The number of nitrogens with zero attached hydrogens (tertiary/aromatic N) is 3. The van der Waals surface area contributed by atoms with Crippen LogP contribution in [0.15, 0.2) is 29.6 Å². The number of hydrogen-bond acceptors (Lipinski definition) is 8. The summed E-state index contributed by atoms with van der Waals surface area (Å²) in [6.45, 7) is 6.79. The number of rotatable bonds is 7. The summed E-state index contributed by atoms with van der Waals surface area (Å²) in [6, 6.07) is 7.81. The fourth-order valence-electron chi connectivity index (χ4n) is 3.00. The van der Waals surface area contributed by atoms with E-state index in [1.54, 1.807) is 12.3 Å². The average molecular weight is 483 g/mol. The van der Waals surface area contributed by atoms with Gasteiger partial charge < -0.3 is 20.1 Å². The summed E-state index contributed by atoms with van der Waals surface area (Å²) in [5.41, 5.74) is 1.71. The Hall–Kier alpha value is -2.69. The summed E-state index contributed by atoms with van der Waals surface area (Å²) in [6.07, 6.45) is 0.117. The molecule has 2 heterocycles. The van der Waals surface area contributed by atoms with E-state index in [1.807, 2.05) is 24.3 Å². The number of carboxylic acids is 1. The highest BCUT2D eigenvalue weighted by Gasteiger charge is 2.20. The average Bonchev–Trinajstić information content (AvgIpc) is 3.14. The van der Waals surface area contributed by atoms with E-state index in [2.05, 4.69) is 20.1 Å². The van der Waals surface area contributed by atoms with E-state index < -0.39 is 5.97 Å². The van der Waals surface area contributed by atoms with Gasteiger partial charge in [0.1, 0.15) is 0 Å². The molecule has 0 atom stereocenters. The molecule has 9 nitrogen and oxygen atoms in total. The fourth-order valence-corrected chi connectivity index (χ4v) is 3.92. The first-order valence-corrected chi connectivity index (χ1v) is 11.3. The van der Waals surface area contributed by atoms with Crippen molar-refractivity contribution < 1.29 is 24.2 Å². The second-order valence-corrected chi connectivity index (χ2v) is 8.23. The lowest BCUT2D eigenvalue weighted by molar-refractivity contribution is -0.142. The van der Waals surface area contributed by atoms with Gasteiger partial charge in [0.2, 0.25) is 5.91 Å². The summed E-state index contributed by atoms with van der Waals surface area (Å²) in [4.78, 5) is 41.4. The van der Waals surface area contributed by atoms with Crippen LogP contribution in [0.5, 0.6) is 0 Å². The maximum atomic E-state index is 12.3. The number of piperazine rings is 1. The van der Waals surface area contributed by atoms with Gasteiger partial charge in [-0.2, -0.15) is 0 Å². The first-order chi connectivity index (χ1) is 15.3. The van der Waals surface area contributed by atoms with Crippen LogP contribution in [0.2, 0.25) is 5.02 Å². The Kier molecular flexibility index (Phi) is 10.4. The van der Waals surface area contributed by atoms with Crippen LogP contribution in [-0.4, -0.2) is 72.2 Å². The van der Waals surface area contributed by atoms with Crippen molar-refractivity contribution in [2.24, 2.45) is 0 Å². The van der Waals surface area contributed by atoms with Crippen LogP contribution >= 0.6 is 22.9 Å². The maximum absolute atomic E-state index is 12.3. The predicted molar refractivity (Wildman–Crippen MR) is 124 cm³/mol. The van der Waals surface area contributed by atoms with Gasteiger partial charge in [-0.05, 0) is 25.1 Å². The number of hydrogen-bond donors (Lipinski definition) is 2. The summed E-state index contributed by atoms with van der Waals surface area (Å²) in [7, 11) is 0. The van der Waals surface area contributed by atoms with Crippen LogP contribution in [0.4, 0.5) is 10.8 Å². The van der Waals surface area contributed by atoms with Gasteiger partial charge >= 0.3 is 5.97 Å². The Balaban J connectivity index is 0.000000837. The summed E-state index contributed by atoms with van der Waals surface area (Å²) in [5.74, 6) is -1.25. The molecular weight excluding hydrogens is 456 g/mol. The van der Waals surface area contributed by atoms with E-state index in [0.717, 1.165) is 43.8 Å². The van der Waals surface area contributed by atoms with Gasteiger partial charge in [-0.25, -0.2) is 4.98 Å². The highest BCUT2D eigenvalue weighted by atomic mass is 35.5. The third-order valence-corrected chi connectivity index (χ3v) is 5.38. The molecule has 0 aliphatic carbocycles. The number of carboxylic acid groups (broad SMARTS) is 1. The zero-order valence-electron chi connectivity index (χ0n) is 18.0. The molecular formula is C21H27ClN4O5S. The minimum Gasteiger partial charge on any atom is -0.481 e. The zero-order chi connectivity index (χ0) is 23.5. The van der Waals surface area contributed by atoms with Crippen molar-refractivity contribution in [3.63, 3.8) is 0 Å². The first-order valence-electron chi connectivity index (χ1n) is 10.1. The summed E-state index contributed by atoms with van der Waals surface area (Å²) >= 11 is 7.37. The summed E-state index contributed by atoms with van der Waals surface area (Å²) < 4.78 is 4.90. The normalized spacial score (nSPS) is 13.7. The molecule has 1 amide bonds. The molecule has 0 radical (unpaired) electrons.